The topological polar surface area (TPSA) is 86.8 Å². The van der Waals surface area contributed by atoms with Crippen LogP contribution < -0.4 is 9.62 Å². The maximum Gasteiger partial charge on any atom is 0.244 e. The molecule has 1 atom stereocenters. The molecule has 0 heterocycles. The Kier molecular flexibility index (Phi) is 8.45. The van der Waals surface area contributed by atoms with Crippen molar-refractivity contribution in [3.63, 3.8) is 0 Å². The molecule has 1 unspecified atom stereocenters. The third-order valence-electron chi connectivity index (χ3n) is 9.45. The summed E-state index contributed by atoms with van der Waals surface area (Å²) in [5.41, 5.74) is 2.11. The van der Waals surface area contributed by atoms with E-state index < -0.39 is 34.1 Å². The maximum absolute atomic E-state index is 13.9. The lowest BCUT2D eigenvalue weighted by Crippen LogP contribution is -2.54. The van der Waals surface area contributed by atoms with Gasteiger partial charge in [0.15, 0.2) is 0 Å². The summed E-state index contributed by atoms with van der Waals surface area (Å²) in [4.78, 5) is 28.5. The molecule has 9 heteroatoms. The van der Waals surface area contributed by atoms with Crippen molar-refractivity contribution in [2.24, 2.45) is 17.8 Å². The lowest BCUT2D eigenvalue weighted by molar-refractivity contribution is -0.140. The van der Waals surface area contributed by atoms with Crippen LogP contribution in [0.5, 0.6) is 0 Å². The lowest BCUT2D eigenvalue weighted by Gasteiger charge is -2.57. The molecular weight excluding hydrogens is 570 g/mol. The van der Waals surface area contributed by atoms with Gasteiger partial charge in [0.25, 0.3) is 0 Å². The quantitative estimate of drug-likeness (QED) is 0.381. The first-order valence-corrected chi connectivity index (χ1v) is 17.3. The second-order valence-electron chi connectivity index (χ2n) is 14.0. The molecule has 228 valence electrons. The number of rotatable bonds is 9. The summed E-state index contributed by atoms with van der Waals surface area (Å²) in [6.45, 7) is 6.91. The molecule has 42 heavy (non-hydrogen) atoms. The molecular formula is C33H44ClN3O4S. The Morgan fingerprint density at radius 2 is 1.52 bits per heavy atom. The van der Waals surface area contributed by atoms with Crippen LogP contribution in [0, 0.1) is 17.8 Å². The summed E-state index contributed by atoms with van der Waals surface area (Å²) in [5, 5.41) is 3.40. The molecule has 6 rings (SSSR count). The summed E-state index contributed by atoms with van der Waals surface area (Å²) < 4.78 is 27.3. The molecule has 0 saturated heterocycles. The van der Waals surface area contributed by atoms with Crippen LogP contribution >= 0.6 is 11.6 Å². The zero-order valence-electron chi connectivity index (χ0n) is 25.4. The van der Waals surface area contributed by atoms with Gasteiger partial charge in [0.05, 0.1) is 11.9 Å². The average Bonchev–Trinajstić information content (AvgIpc) is 2.88. The summed E-state index contributed by atoms with van der Waals surface area (Å²) in [5.74, 6) is 1.61. The first-order chi connectivity index (χ1) is 19.6. The molecule has 1 N–H and O–H groups in total. The summed E-state index contributed by atoms with van der Waals surface area (Å²) in [6, 6.07) is 14.1. The standard InChI is InChI=1S/C33H44ClN3O4S/c1-22(31(39)35-32(2,3)4)36(20-26-8-6-7-9-29(26)34)30(38)21-37(42(5,40)41)28-12-10-27(11-13-28)33-17-23-14-24(18-33)16-25(15-23)19-33/h6-13,22-25H,14-21H2,1-5H3,(H,35,39). The van der Waals surface area contributed by atoms with Gasteiger partial charge in [-0.25, -0.2) is 8.42 Å². The van der Waals surface area contributed by atoms with Gasteiger partial charge in [0.2, 0.25) is 21.8 Å². The van der Waals surface area contributed by atoms with E-state index in [2.05, 4.69) is 17.4 Å². The van der Waals surface area contributed by atoms with Crippen LogP contribution in [0.3, 0.4) is 0 Å². The molecule has 4 saturated carbocycles. The highest BCUT2D eigenvalue weighted by Gasteiger charge is 2.51. The van der Waals surface area contributed by atoms with Crippen LogP contribution in [0.1, 0.15) is 77.3 Å². The first kappa shape index (κ1) is 30.9. The number of nitrogens with zero attached hydrogens (tertiary/aromatic N) is 2. The van der Waals surface area contributed by atoms with Crippen LogP contribution in [0.2, 0.25) is 5.02 Å². The Bertz CT molecular complexity index is 1400. The minimum absolute atomic E-state index is 0.0692. The summed E-state index contributed by atoms with van der Waals surface area (Å²) >= 11 is 6.42. The smallest absolute Gasteiger partial charge is 0.244 e. The maximum atomic E-state index is 13.9. The van der Waals surface area contributed by atoms with E-state index >= 15 is 0 Å². The molecule has 7 nitrogen and oxygen atoms in total. The number of benzene rings is 2. The predicted molar refractivity (Wildman–Crippen MR) is 168 cm³/mol. The van der Waals surface area contributed by atoms with Crippen LogP contribution in [-0.4, -0.2) is 49.5 Å². The minimum Gasteiger partial charge on any atom is -0.350 e. The Hall–Kier alpha value is -2.58. The fourth-order valence-electron chi connectivity index (χ4n) is 7.93. The van der Waals surface area contributed by atoms with Gasteiger partial charge >= 0.3 is 0 Å². The van der Waals surface area contributed by atoms with Crippen LogP contribution in [0.25, 0.3) is 0 Å². The number of sulfonamides is 1. The van der Waals surface area contributed by atoms with E-state index in [-0.39, 0.29) is 17.9 Å². The molecule has 0 spiro atoms. The van der Waals surface area contributed by atoms with Crippen molar-refractivity contribution in [1.82, 2.24) is 10.2 Å². The molecule has 0 radical (unpaired) electrons. The van der Waals surface area contributed by atoms with Crippen LogP contribution in [0.4, 0.5) is 5.69 Å². The number of carbonyl (C=O) groups is 2. The van der Waals surface area contributed by atoms with Crippen molar-refractivity contribution in [2.45, 2.75) is 89.8 Å². The Morgan fingerprint density at radius 1 is 0.976 bits per heavy atom. The highest BCUT2D eigenvalue weighted by atomic mass is 35.5. The third kappa shape index (κ3) is 6.65. The Balaban J connectivity index is 1.40. The van der Waals surface area contributed by atoms with Crippen molar-refractivity contribution in [3.05, 3.63) is 64.7 Å². The van der Waals surface area contributed by atoms with Crippen LogP contribution in [-0.2, 0) is 31.6 Å². The molecule has 4 aliphatic carbocycles. The largest absolute Gasteiger partial charge is 0.350 e. The first-order valence-electron chi connectivity index (χ1n) is 15.1. The summed E-state index contributed by atoms with van der Waals surface area (Å²) in [7, 11) is -3.80. The second-order valence-corrected chi connectivity index (χ2v) is 16.4. The molecule has 4 bridgehead atoms. The molecule has 4 fully saturated rings. The number of carbonyl (C=O) groups excluding carboxylic acids is 2. The van der Waals surface area contributed by atoms with Gasteiger partial charge in [-0.2, -0.15) is 0 Å². The zero-order chi connectivity index (χ0) is 30.4. The van der Waals surface area contributed by atoms with Gasteiger partial charge in [-0.15, -0.1) is 0 Å². The van der Waals surface area contributed by atoms with Gasteiger partial charge in [-0.05, 0) is 119 Å². The lowest BCUT2D eigenvalue weighted by atomic mass is 9.48. The summed E-state index contributed by atoms with van der Waals surface area (Å²) in [6.07, 6.45) is 8.85. The van der Waals surface area contributed by atoms with Crippen molar-refractivity contribution >= 4 is 39.1 Å². The highest BCUT2D eigenvalue weighted by Crippen LogP contribution is 2.60. The van der Waals surface area contributed by atoms with Gasteiger partial charge in [-0.1, -0.05) is 41.9 Å². The molecule has 2 aromatic carbocycles. The van der Waals surface area contributed by atoms with E-state index in [0.717, 1.165) is 28.3 Å². The Morgan fingerprint density at radius 3 is 2.02 bits per heavy atom. The van der Waals surface area contributed by atoms with E-state index in [0.29, 0.717) is 16.3 Å². The van der Waals surface area contributed by atoms with E-state index in [9.17, 15) is 18.0 Å². The molecule has 2 aromatic rings. The monoisotopic (exact) mass is 613 g/mol. The van der Waals surface area contributed by atoms with Gasteiger partial charge in [-0.3, -0.25) is 13.9 Å². The van der Waals surface area contributed by atoms with Crippen LogP contribution in [0.15, 0.2) is 48.5 Å². The fourth-order valence-corrected chi connectivity index (χ4v) is 8.97. The van der Waals surface area contributed by atoms with E-state index in [4.69, 9.17) is 11.6 Å². The minimum atomic E-state index is -3.80. The molecule has 2 amide bonds. The highest BCUT2D eigenvalue weighted by molar-refractivity contribution is 7.92. The fraction of sp³-hybridized carbons (Fsp3) is 0.576. The molecule has 0 aromatic heterocycles. The zero-order valence-corrected chi connectivity index (χ0v) is 27.0. The number of anilines is 1. The number of nitrogens with one attached hydrogen (secondary N) is 1. The normalized spacial score (nSPS) is 25.6. The SMILES string of the molecule is CC(C(=O)NC(C)(C)C)N(Cc1ccccc1Cl)C(=O)CN(c1ccc(C23CC4CC(CC(C4)C2)C3)cc1)S(C)(=O)=O. The van der Waals surface area contributed by atoms with Gasteiger partial charge in [0, 0.05) is 17.1 Å². The predicted octanol–water partition coefficient (Wildman–Crippen LogP) is 5.91. The molecule has 0 aliphatic heterocycles. The van der Waals surface area contributed by atoms with Gasteiger partial charge < -0.3 is 10.2 Å². The van der Waals surface area contributed by atoms with Crippen molar-refractivity contribution in [1.29, 1.82) is 0 Å². The van der Waals surface area contributed by atoms with E-state index in [1.165, 1.54) is 49.0 Å². The van der Waals surface area contributed by atoms with Crippen molar-refractivity contribution < 1.29 is 18.0 Å². The number of hydrogen-bond acceptors (Lipinski definition) is 4. The number of hydrogen-bond donors (Lipinski definition) is 1. The van der Waals surface area contributed by atoms with Crippen molar-refractivity contribution in [3.8, 4) is 0 Å². The number of halogens is 1. The van der Waals surface area contributed by atoms with E-state index in [1.54, 1.807) is 25.1 Å². The number of amides is 2. The molecule has 4 aliphatic rings. The third-order valence-corrected chi connectivity index (χ3v) is 11.0. The van der Waals surface area contributed by atoms with E-state index in [1.807, 2.05) is 39.0 Å². The Labute approximate surface area is 256 Å². The van der Waals surface area contributed by atoms with Gasteiger partial charge in [0.1, 0.15) is 12.6 Å². The second kappa shape index (κ2) is 11.5. The van der Waals surface area contributed by atoms with Crippen molar-refractivity contribution in [2.75, 3.05) is 17.1 Å². The average molecular weight is 614 g/mol.